The Bertz CT molecular complexity index is 862. The highest BCUT2D eigenvalue weighted by molar-refractivity contribution is 5.94. The lowest BCUT2D eigenvalue weighted by Gasteiger charge is -2.19. The van der Waals surface area contributed by atoms with Gasteiger partial charge in [-0.1, -0.05) is 18.2 Å². The van der Waals surface area contributed by atoms with Crippen molar-refractivity contribution < 1.29 is 24.0 Å². The molecule has 1 aliphatic rings. The minimum Gasteiger partial charge on any atom is -0.486 e. The van der Waals surface area contributed by atoms with E-state index in [1.165, 1.54) is 0 Å². The first-order valence-electron chi connectivity index (χ1n) is 9.29. The van der Waals surface area contributed by atoms with E-state index in [2.05, 4.69) is 10.6 Å². The number of hydrogen-bond donors (Lipinski definition) is 3. The van der Waals surface area contributed by atoms with Crippen molar-refractivity contribution in [1.82, 2.24) is 0 Å². The molecule has 0 aromatic heterocycles. The van der Waals surface area contributed by atoms with Crippen LogP contribution in [0.25, 0.3) is 0 Å². The molecule has 7 heteroatoms. The molecule has 0 bridgehead atoms. The van der Waals surface area contributed by atoms with Crippen molar-refractivity contribution in [3.8, 4) is 11.5 Å². The molecule has 0 saturated heterocycles. The second kappa shape index (κ2) is 8.75. The van der Waals surface area contributed by atoms with E-state index < -0.39 is 0 Å². The van der Waals surface area contributed by atoms with Crippen molar-refractivity contribution >= 4 is 23.2 Å². The van der Waals surface area contributed by atoms with Crippen molar-refractivity contribution in [3.63, 3.8) is 0 Å². The van der Waals surface area contributed by atoms with E-state index in [1.54, 1.807) is 18.2 Å². The maximum Gasteiger partial charge on any atom is 0.279 e. The van der Waals surface area contributed by atoms with Gasteiger partial charge in [0.05, 0.1) is 7.05 Å². The Morgan fingerprint density at radius 3 is 2.21 bits per heavy atom. The molecule has 7 nitrogen and oxygen atoms in total. The van der Waals surface area contributed by atoms with Crippen LogP contribution in [0.15, 0.2) is 36.4 Å². The largest absolute Gasteiger partial charge is 0.486 e. The number of amides is 2. The second-order valence-corrected chi connectivity index (χ2v) is 7.03. The molecule has 0 spiro atoms. The highest BCUT2D eigenvalue weighted by Crippen LogP contribution is 2.32. The average Bonchev–Trinajstić information content (AvgIpc) is 2.64. The maximum absolute atomic E-state index is 12.3. The molecule has 2 amide bonds. The van der Waals surface area contributed by atoms with Crippen LogP contribution < -0.4 is 25.0 Å². The quantitative estimate of drug-likeness (QED) is 0.698. The second-order valence-electron chi connectivity index (χ2n) is 7.03. The highest BCUT2D eigenvalue weighted by Gasteiger charge is 2.17. The molecule has 3 N–H and O–H groups in total. The summed E-state index contributed by atoms with van der Waals surface area (Å²) in [6, 6.07) is 11.2. The van der Waals surface area contributed by atoms with Crippen LogP contribution >= 0.6 is 0 Å². The Kier molecular flexibility index (Phi) is 6.16. The van der Waals surface area contributed by atoms with Crippen LogP contribution in [0, 0.1) is 13.8 Å². The molecule has 0 radical (unpaired) electrons. The van der Waals surface area contributed by atoms with Gasteiger partial charge < -0.3 is 25.0 Å². The Morgan fingerprint density at radius 2 is 1.54 bits per heavy atom. The molecular weight excluding hydrogens is 358 g/mol. The summed E-state index contributed by atoms with van der Waals surface area (Å²) in [5, 5.41) is 5.78. The van der Waals surface area contributed by atoms with Gasteiger partial charge in [0.2, 0.25) is 0 Å². The van der Waals surface area contributed by atoms with Crippen LogP contribution in [0.1, 0.15) is 11.1 Å². The van der Waals surface area contributed by atoms with Gasteiger partial charge in [0.25, 0.3) is 11.8 Å². The van der Waals surface area contributed by atoms with Crippen molar-refractivity contribution in [1.29, 1.82) is 0 Å². The number of fused-ring (bicyclic) bond motifs is 1. The predicted molar refractivity (Wildman–Crippen MR) is 107 cm³/mol. The van der Waals surface area contributed by atoms with Crippen molar-refractivity contribution in [2.24, 2.45) is 0 Å². The number of rotatable bonds is 6. The van der Waals surface area contributed by atoms with E-state index in [1.807, 2.05) is 39.1 Å². The molecular formula is C21H26N3O4+. The first kappa shape index (κ1) is 19.7. The Labute approximate surface area is 164 Å². The van der Waals surface area contributed by atoms with E-state index >= 15 is 0 Å². The minimum atomic E-state index is -0.172. The zero-order valence-corrected chi connectivity index (χ0v) is 16.4. The van der Waals surface area contributed by atoms with Crippen LogP contribution in [-0.4, -0.2) is 45.2 Å². The third-order valence-corrected chi connectivity index (χ3v) is 4.50. The van der Waals surface area contributed by atoms with E-state index in [0.717, 1.165) is 21.7 Å². The van der Waals surface area contributed by atoms with Gasteiger partial charge in [-0.25, -0.2) is 0 Å². The predicted octanol–water partition coefficient (Wildman–Crippen LogP) is 1.17. The normalized spacial score (nSPS) is 13.5. The van der Waals surface area contributed by atoms with Crippen LogP contribution in [0.5, 0.6) is 11.5 Å². The summed E-state index contributed by atoms with van der Waals surface area (Å²) in [5.41, 5.74) is 3.51. The summed E-state index contributed by atoms with van der Waals surface area (Å²) >= 11 is 0. The Hall–Kier alpha value is -3.06. The lowest BCUT2D eigenvalue weighted by molar-refractivity contribution is -0.862. The van der Waals surface area contributed by atoms with E-state index in [9.17, 15) is 9.59 Å². The summed E-state index contributed by atoms with van der Waals surface area (Å²) in [6.07, 6.45) is 0. The van der Waals surface area contributed by atoms with Crippen LogP contribution in [0.2, 0.25) is 0 Å². The van der Waals surface area contributed by atoms with Gasteiger partial charge >= 0.3 is 0 Å². The number of benzene rings is 2. The zero-order chi connectivity index (χ0) is 20.1. The van der Waals surface area contributed by atoms with Gasteiger partial charge in [-0.05, 0) is 37.1 Å². The Morgan fingerprint density at radius 1 is 0.929 bits per heavy atom. The molecule has 1 unspecified atom stereocenters. The first-order chi connectivity index (χ1) is 13.4. The summed E-state index contributed by atoms with van der Waals surface area (Å²) in [5.74, 6) is 1.00. The smallest absolute Gasteiger partial charge is 0.279 e. The summed E-state index contributed by atoms with van der Waals surface area (Å²) < 4.78 is 11.0. The van der Waals surface area contributed by atoms with E-state index in [-0.39, 0.29) is 24.9 Å². The standard InChI is InChI=1S/C21H25N3O4/c1-14-5-4-6-15(2)21(14)23-20(26)13-24(3)12-19(25)22-16-7-8-17-18(11-16)28-10-9-27-17/h4-8,11H,9-10,12-13H2,1-3H3,(H,22,25)(H,23,26)/p+1. The summed E-state index contributed by atoms with van der Waals surface area (Å²) in [7, 11) is 1.81. The third kappa shape index (κ3) is 5.01. The molecule has 1 heterocycles. The molecule has 148 valence electrons. The maximum atomic E-state index is 12.3. The number of nitrogens with one attached hydrogen (secondary N) is 3. The molecule has 28 heavy (non-hydrogen) atoms. The number of quaternary nitrogens is 1. The minimum absolute atomic E-state index is 0.123. The van der Waals surface area contributed by atoms with Crippen molar-refractivity contribution in [3.05, 3.63) is 47.5 Å². The highest BCUT2D eigenvalue weighted by atomic mass is 16.6. The number of hydrogen-bond acceptors (Lipinski definition) is 4. The fourth-order valence-electron chi connectivity index (χ4n) is 3.13. The van der Waals surface area contributed by atoms with Crippen molar-refractivity contribution in [2.45, 2.75) is 13.8 Å². The molecule has 1 aliphatic heterocycles. The number of likely N-dealkylation sites (N-methyl/N-ethyl adjacent to an activating group) is 1. The SMILES string of the molecule is Cc1cccc(C)c1NC(=O)C[NH+](C)CC(=O)Nc1ccc2c(c1)OCCO2. The Balaban J connectivity index is 1.51. The molecule has 0 fully saturated rings. The molecule has 0 saturated carbocycles. The van der Waals surface area contributed by atoms with Crippen LogP contribution in [-0.2, 0) is 9.59 Å². The molecule has 0 aliphatic carbocycles. The van der Waals surface area contributed by atoms with E-state index in [0.29, 0.717) is 30.4 Å². The lowest BCUT2D eigenvalue weighted by Crippen LogP contribution is -3.11. The van der Waals surface area contributed by atoms with Crippen LogP contribution in [0.3, 0.4) is 0 Å². The monoisotopic (exact) mass is 384 g/mol. The van der Waals surface area contributed by atoms with Crippen LogP contribution in [0.4, 0.5) is 11.4 Å². The number of anilines is 2. The van der Waals surface area contributed by atoms with Gasteiger partial charge in [-0.2, -0.15) is 0 Å². The van der Waals surface area contributed by atoms with Gasteiger partial charge in [-0.3, -0.25) is 9.59 Å². The zero-order valence-electron chi connectivity index (χ0n) is 16.4. The number of carbonyl (C=O) groups excluding carboxylic acids is 2. The topological polar surface area (TPSA) is 81.1 Å². The molecule has 1 atom stereocenters. The number of para-hydroxylation sites is 1. The fraction of sp³-hybridized carbons (Fsp3) is 0.333. The molecule has 2 aromatic rings. The van der Waals surface area contributed by atoms with Gasteiger partial charge in [0, 0.05) is 17.4 Å². The van der Waals surface area contributed by atoms with Crippen molar-refractivity contribution in [2.75, 3.05) is 44.0 Å². The van der Waals surface area contributed by atoms with E-state index in [4.69, 9.17) is 9.47 Å². The molecule has 3 rings (SSSR count). The number of ether oxygens (including phenoxy) is 2. The van der Waals surface area contributed by atoms with Gasteiger partial charge in [0.15, 0.2) is 24.6 Å². The van der Waals surface area contributed by atoms with Gasteiger partial charge in [0.1, 0.15) is 13.2 Å². The fourth-order valence-corrected chi connectivity index (χ4v) is 3.13. The van der Waals surface area contributed by atoms with Gasteiger partial charge in [-0.15, -0.1) is 0 Å². The third-order valence-electron chi connectivity index (χ3n) is 4.50. The number of carbonyl (C=O) groups is 2. The average molecular weight is 384 g/mol. The first-order valence-corrected chi connectivity index (χ1v) is 9.29. The summed E-state index contributed by atoms with van der Waals surface area (Å²) in [4.78, 5) is 25.4. The lowest BCUT2D eigenvalue weighted by atomic mass is 10.1. The molecule has 2 aromatic carbocycles. The summed E-state index contributed by atoms with van der Waals surface area (Å²) in [6.45, 7) is 5.31. The number of aryl methyl sites for hydroxylation is 2.